The van der Waals surface area contributed by atoms with Crippen LogP contribution in [-0.4, -0.2) is 41.9 Å². The first-order chi connectivity index (χ1) is 16.4. The van der Waals surface area contributed by atoms with Crippen LogP contribution in [0.25, 0.3) is 0 Å². The number of hydrogen-bond donors (Lipinski definition) is 1. The van der Waals surface area contributed by atoms with Gasteiger partial charge in [-0.1, -0.05) is 29.8 Å². The molecule has 1 aliphatic rings. The number of benzene rings is 2. The van der Waals surface area contributed by atoms with E-state index in [1.54, 1.807) is 7.11 Å². The van der Waals surface area contributed by atoms with Gasteiger partial charge in [-0.05, 0) is 68.7 Å². The van der Waals surface area contributed by atoms with Crippen molar-refractivity contribution in [3.05, 3.63) is 88.7 Å². The summed E-state index contributed by atoms with van der Waals surface area (Å²) in [6.45, 7) is 5.27. The maximum atomic E-state index is 13.1. The summed E-state index contributed by atoms with van der Waals surface area (Å²) in [4.78, 5) is 32.6. The molecular formula is C28H31N3O3. The van der Waals surface area contributed by atoms with Crippen LogP contribution >= 0.6 is 0 Å². The number of piperidine rings is 1. The van der Waals surface area contributed by atoms with Gasteiger partial charge in [-0.3, -0.25) is 14.6 Å². The summed E-state index contributed by atoms with van der Waals surface area (Å²) in [6, 6.07) is 19.1. The highest BCUT2D eigenvalue weighted by Gasteiger charge is 2.28. The third-order valence-corrected chi connectivity index (χ3v) is 6.34. The number of nitrogens with one attached hydrogen (secondary N) is 1. The van der Waals surface area contributed by atoms with Crippen LogP contribution in [0.2, 0.25) is 0 Å². The predicted molar refractivity (Wildman–Crippen MR) is 133 cm³/mol. The van der Waals surface area contributed by atoms with E-state index < -0.39 is 0 Å². The Labute approximate surface area is 201 Å². The average Bonchev–Trinajstić information content (AvgIpc) is 2.85. The quantitative estimate of drug-likeness (QED) is 0.571. The molecule has 34 heavy (non-hydrogen) atoms. The second kappa shape index (κ2) is 10.5. The summed E-state index contributed by atoms with van der Waals surface area (Å²) < 4.78 is 5.26. The van der Waals surface area contributed by atoms with Crippen LogP contribution in [-0.2, 0) is 11.2 Å². The van der Waals surface area contributed by atoms with E-state index >= 15 is 0 Å². The lowest BCUT2D eigenvalue weighted by Crippen LogP contribution is -2.39. The number of carbonyl (C=O) groups excluding carboxylic acids is 2. The minimum Gasteiger partial charge on any atom is -0.497 e. The van der Waals surface area contributed by atoms with E-state index in [9.17, 15) is 9.59 Å². The Morgan fingerprint density at radius 3 is 2.47 bits per heavy atom. The van der Waals surface area contributed by atoms with E-state index in [1.165, 1.54) is 0 Å². The van der Waals surface area contributed by atoms with E-state index in [1.807, 2.05) is 79.4 Å². The van der Waals surface area contributed by atoms with Crippen molar-refractivity contribution in [1.82, 2.24) is 9.88 Å². The summed E-state index contributed by atoms with van der Waals surface area (Å²) in [6.07, 6.45) is 1.92. The van der Waals surface area contributed by atoms with Crippen LogP contribution in [0.5, 0.6) is 5.75 Å². The van der Waals surface area contributed by atoms with Gasteiger partial charge in [0.25, 0.3) is 5.91 Å². The molecule has 4 rings (SSSR count). The fraction of sp³-hybridized carbons (Fsp3) is 0.321. The first kappa shape index (κ1) is 23.5. The molecule has 0 aliphatic carbocycles. The number of rotatable bonds is 6. The Hall–Kier alpha value is -3.67. The molecule has 0 spiro atoms. The minimum absolute atomic E-state index is 0.112. The molecule has 6 nitrogen and oxygen atoms in total. The molecule has 1 N–H and O–H groups in total. The Morgan fingerprint density at radius 2 is 1.76 bits per heavy atom. The average molecular weight is 458 g/mol. The number of pyridine rings is 1. The van der Waals surface area contributed by atoms with E-state index in [0.717, 1.165) is 46.8 Å². The number of amides is 2. The second-order valence-corrected chi connectivity index (χ2v) is 8.89. The summed E-state index contributed by atoms with van der Waals surface area (Å²) in [5.74, 6) is 0.856. The van der Waals surface area contributed by atoms with Crippen molar-refractivity contribution in [2.75, 3.05) is 25.5 Å². The van der Waals surface area contributed by atoms with Crippen LogP contribution < -0.4 is 10.1 Å². The van der Waals surface area contributed by atoms with Gasteiger partial charge in [-0.25, -0.2) is 0 Å². The molecule has 2 heterocycles. The van der Waals surface area contributed by atoms with Gasteiger partial charge in [0.2, 0.25) is 5.91 Å². The number of aryl methyl sites for hydroxylation is 2. The highest BCUT2D eigenvalue weighted by atomic mass is 16.5. The van der Waals surface area contributed by atoms with Crippen molar-refractivity contribution >= 4 is 17.5 Å². The van der Waals surface area contributed by atoms with E-state index in [2.05, 4.69) is 5.32 Å². The molecule has 1 aromatic heterocycles. The molecule has 0 saturated carbocycles. The van der Waals surface area contributed by atoms with Crippen molar-refractivity contribution in [3.63, 3.8) is 0 Å². The number of carbonyl (C=O) groups is 2. The molecule has 2 aromatic carbocycles. The lowest BCUT2D eigenvalue weighted by Gasteiger charge is -2.32. The highest BCUT2D eigenvalue weighted by molar-refractivity contribution is 6.05. The maximum absolute atomic E-state index is 13.1. The van der Waals surface area contributed by atoms with Gasteiger partial charge in [0, 0.05) is 30.4 Å². The monoisotopic (exact) mass is 457 g/mol. The molecule has 2 amide bonds. The lowest BCUT2D eigenvalue weighted by molar-refractivity contribution is -0.131. The molecular weight excluding hydrogens is 426 g/mol. The van der Waals surface area contributed by atoms with E-state index in [0.29, 0.717) is 25.1 Å². The molecule has 1 saturated heterocycles. The third-order valence-electron chi connectivity index (χ3n) is 6.34. The topological polar surface area (TPSA) is 71.5 Å². The van der Waals surface area contributed by atoms with E-state index in [4.69, 9.17) is 9.72 Å². The van der Waals surface area contributed by atoms with Crippen molar-refractivity contribution < 1.29 is 14.3 Å². The van der Waals surface area contributed by atoms with Gasteiger partial charge in [0.15, 0.2) is 0 Å². The first-order valence-electron chi connectivity index (χ1n) is 11.7. The molecule has 0 atom stereocenters. The van der Waals surface area contributed by atoms with Crippen LogP contribution in [0, 0.1) is 13.8 Å². The summed E-state index contributed by atoms with van der Waals surface area (Å²) in [5, 5.41) is 2.99. The molecule has 3 aromatic rings. The normalized spacial score (nSPS) is 14.0. The number of anilines is 1. The fourth-order valence-electron chi connectivity index (χ4n) is 4.39. The van der Waals surface area contributed by atoms with Gasteiger partial charge >= 0.3 is 0 Å². The number of methoxy groups -OCH3 is 1. The minimum atomic E-state index is -0.150. The lowest BCUT2D eigenvalue weighted by atomic mass is 9.89. The molecule has 1 aliphatic heterocycles. The van der Waals surface area contributed by atoms with Gasteiger partial charge in [0.1, 0.15) is 5.75 Å². The van der Waals surface area contributed by atoms with Crippen molar-refractivity contribution in [2.45, 2.75) is 39.0 Å². The second-order valence-electron chi connectivity index (χ2n) is 8.89. The SMILES string of the molecule is COc1cccc(CC(=O)N2CCC(c3nc(C)ccc3C(=O)Nc3ccc(C)cc3)CC2)c1. The largest absolute Gasteiger partial charge is 0.497 e. The summed E-state index contributed by atoms with van der Waals surface area (Å²) in [5.41, 5.74) is 5.17. The Morgan fingerprint density at radius 1 is 1.03 bits per heavy atom. The molecule has 0 unspecified atom stereocenters. The van der Waals surface area contributed by atoms with Gasteiger partial charge in [-0.2, -0.15) is 0 Å². The summed E-state index contributed by atoms with van der Waals surface area (Å²) >= 11 is 0. The zero-order valence-corrected chi connectivity index (χ0v) is 20.0. The molecule has 0 radical (unpaired) electrons. The molecule has 6 heteroatoms. The van der Waals surface area contributed by atoms with Crippen LogP contribution in [0.15, 0.2) is 60.7 Å². The standard InChI is InChI=1S/C28H31N3O3/c1-19-7-10-23(11-8-19)30-28(33)25-12-9-20(2)29-27(25)22-13-15-31(16-14-22)26(32)18-21-5-4-6-24(17-21)34-3/h4-12,17,22H,13-16,18H2,1-3H3,(H,30,33). The van der Waals surface area contributed by atoms with Crippen LogP contribution in [0.1, 0.15) is 51.6 Å². The van der Waals surface area contributed by atoms with Gasteiger partial charge in [-0.15, -0.1) is 0 Å². The molecule has 1 fully saturated rings. The first-order valence-corrected chi connectivity index (χ1v) is 11.7. The molecule has 176 valence electrons. The zero-order valence-electron chi connectivity index (χ0n) is 20.0. The maximum Gasteiger partial charge on any atom is 0.257 e. The van der Waals surface area contributed by atoms with Crippen LogP contribution in [0.3, 0.4) is 0 Å². The highest BCUT2D eigenvalue weighted by Crippen LogP contribution is 2.30. The Balaban J connectivity index is 1.42. The summed E-state index contributed by atoms with van der Waals surface area (Å²) in [7, 11) is 1.63. The van der Waals surface area contributed by atoms with Crippen molar-refractivity contribution in [2.24, 2.45) is 0 Å². The number of nitrogens with zero attached hydrogens (tertiary/aromatic N) is 2. The fourth-order valence-corrected chi connectivity index (χ4v) is 4.39. The van der Waals surface area contributed by atoms with Gasteiger partial charge < -0.3 is 15.0 Å². The number of hydrogen-bond acceptors (Lipinski definition) is 4. The number of ether oxygens (including phenoxy) is 1. The van der Waals surface area contributed by atoms with E-state index in [-0.39, 0.29) is 17.7 Å². The smallest absolute Gasteiger partial charge is 0.257 e. The van der Waals surface area contributed by atoms with Crippen LogP contribution in [0.4, 0.5) is 5.69 Å². The third kappa shape index (κ3) is 5.63. The predicted octanol–water partition coefficient (Wildman–Crippen LogP) is 4.91. The van der Waals surface area contributed by atoms with Crippen molar-refractivity contribution in [3.8, 4) is 5.75 Å². The zero-order chi connectivity index (χ0) is 24.1. The number of likely N-dealkylation sites (tertiary alicyclic amines) is 1. The van der Waals surface area contributed by atoms with Crippen molar-refractivity contribution in [1.29, 1.82) is 0 Å². The number of aromatic nitrogens is 1. The Kier molecular flexibility index (Phi) is 7.26. The Bertz CT molecular complexity index is 1170. The molecule has 0 bridgehead atoms. The van der Waals surface area contributed by atoms with Gasteiger partial charge in [0.05, 0.1) is 24.8 Å².